The first-order valence-corrected chi connectivity index (χ1v) is 7.16. The van der Waals surface area contributed by atoms with E-state index in [1.54, 1.807) is 6.07 Å². The van der Waals surface area contributed by atoms with Crippen LogP contribution in [0.3, 0.4) is 0 Å². The van der Waals surface area contributed by atoms with Crippen LogP contribution in [-0.4, -0.2) is 19.1 Å². The van der Waals surface area contributed by atoms with E-state index in [-0.39, 0.29) is 17.3 Å². The zero-order chi connectivity index (χ0) is 14.0. The summed E-state index contributed by atoms with van der Waals surface area (Å²) in [5, 5.41) is 0. The molecular weight excluding hydrogens is 239 g/mol. The molecule has 1 fully saturated rings. The Morgan fingerprint density at radius 2 is 2.16 bits per heavy atom. The molecule has 0 bridgehead atoms. The highest BCUT2D eigenvalue weighted by atomic mass is 19.1. The van der Waals surface area contributed by atoms with Gasteiger partial charge in [0.05, 0.1) is 5.69 Å². The van der Waals surface area contributed by atoms with Gasteiger partial charge in [-0.1, -0.05) is 19.9 Å². The summed E-state index contributed by atoms with van der Waals surface area (Å²) in [5.74, 6) is -0.115. The first kappa shape index (κ1) is 14.3. The van der Waals surface area contributed by atoms with Gasteiger partial charge in [0.2, 0.25) is 0 Å². The molecule has 0 radical (unpaired) electrons. The van der Waals surface area contributed by atoms with Crippen molar-refractivity contribution in [3.05, 3.63) is 29.6 Å². The minimum atomic E-state index is -0.115. The smallest absolute Gasteiger partial charge is 0.146 e. The van der Waals surface area contributed by atoms with Crippen molar-refractivity contribution in [1.29, 1.82) is 0 Å². The SMILES string of the molecule is CC(N)Cc1ccc(N2CCCC(C)(C)C2)c(F)c1. The van der Waals surface area contributed by atoms with Crippen LogP contribution in [0.4, 0.5) is 10.1 Å². The van der Waals surface area contributed by atoms with Gasteiger partial charge in [0, 0.05) is 19.1 Å². The predicted octanol–water partition coefficient (Wildman–Crippen LogP) is 3.34. The number of nitrogens with two attached hydrogens (primary N) is 1. The number of rotatable bonds is 3. The van der Waals surface area contributed by atoms with Crippen molar-refractivity contribution >= 4 is 5.69 Å². The number of hydrogen-bond donors (Lipinski definition) is 1. The molecule has 0 saturated carbocycles. The number of benzene rings is 1. The monoisotopic (exact) mass is 264 g/mol. The molecule has 1 aromatic carbocycles. The van der Waals surface area contributed by atoms with Crippen LogP contribution in [0.2, 0.25) is 0 Å². The molecule has 106 valence electrons. The summed E-state index contributed by atoms with van der Waals surface area (Å²) in [4.78, 5) is 2.18. The van der Waals surface area contributed by atoms with E-state index in [0.29, 0.717) is 0 Å². The topological polar surface area (TPSA) is 29.3 Å². The van der Waals surface area contributed by atoms with Gasteiger partial charge in [0.15, 0.2) is 0 Å². The molecule has 1 heterocycles. The zero-order valence-corrected chi connectivity index (χ0v) is 12.2. The van der Waals surface area contributed by atoms with Gasteiger partial charge < -0.3 is 10.6 Å². The van der Waals surface area contributed by atoms with E-state index in [2.05, 4.69) is 18.7 Å². The van der Waals surface area contributed by atoms with Gasteiger partial charge in [-0.2, -0.15) is 0 Å². The Morgan fingerprint density at radius 3 is 2.74 bits per heavy atom. The average molecular weight is 264 g/mol. The van der Waals surface area contributed by atoms with Crippen molar-refractivity contribution in [2.75, 3.05) is 18.0 Å². The highest BCUT2D eigenvalue weighted by Gasteiger charge is 2.27. The van der Waals surface area contributed by atoms with Crippen LogP contribution in [0, 0.1) is 11.2 Å². The minimum absolute atomic E-state index is 0.0687. The maximum Gasteiger partial charge on any atom is 0.146 e. The lowest BCUT2D eigenvalue weighted by molar-refractivity contribution is 0.292. The van der Waals surface area contributed by atoms with Crippen LogP contribution in [-0.2, 0) is 6.42 Å². The Bertz CT molecular complexity index is 440. The molecular formula is C16H25FN2. The molecule has 0 aromatic heterocycles. The summed E-state index contributed by atoms with van der Waals surface area (Å²) in [6.07, 6.45) is 3.07. The van der Waals surface area contributed by atoms with Gasteiger partial charge in [-0.25, -0.2) is 4.39 Å². The highest BCUT2D eigenvalue weighted by molar-refractivity contribution is 5.50. The minimum Gasteiger partial charge on any atom is -0.369 e. The first-order chi connectivity index (χ1) is 8.87. The maximum atomic E-state index is 14.3. The lowest BCUT2D eigenvalue weighted by atomic mass is 9.84. The molecule has 2 nitrogen and oxygen atoms in total. The Hall–Kier alpha value is -1.09. The standard InChI is InChI=1S/C16H25FN2/c1-12(18)9-13-5-6-15(14(17)10-13)19-8-4-7-16(2,3)11-19/h5-6,10,12H,4,7-9,11,18H2,1-3H3. The second-order valence-electron chi connectivity index (χ2n) is 6.66. The normalized spacial score (nSPS) is 20.4. The van der Waals surface area contributed by atoms with Gasteiger partial charge in [-0.05, 0) is 49.3 Å². The third-order valence-electron chi connectivity index (χ3n) is 3.81. The van der Waals surface area contributed by atoms with Crippen LogP contribution < -0.4 is 10.6 Å². The van der Waals surface area contributed by atoms with E-state index < -0.39 is 0 Å². The van der Waals surface area contributed by atoms with Crippen LogP contribution in [0.1, 0.15) is 39.2 Å². The summed E-state index contributed by atoms with van der Waals surface area (Å²) in [5.41, 5.74) is 7.75. The van der Waals surface area contributed by atoms with E-state index >= 15 is 0 Å². The van der Waals surface area contributed by atoms with Gasteiger partial charge in [-0.3, -0.25) is 0 Å². The Labute approximate surface area is 115 Å². The average Bonchev–Trinajstić information content (AvgIpc) is 2.26. The van der Waals surface area contributed by atoms with Crippen molar-refractivity contribution < 1.29 is 4.39 Å². The summed E-state index contributed by atoms with van der Waals surface area (Å²) in [6, 6.07) is 5.62. The Balaban J connectivity index is 2.16. The van der Waals surface area contributed by atoms with E-state index in [1.807, 2.05) is 19.1 Å². The van der Waals surface area contributed by atoms with E-state index in [0.717, 1.165) is 37.2 Å². The zero-order valence-electron chi connectivity index (χ0n) is 12.2. The molecule has 1 aliphatic rings. The number of anilines is 1. The fourth-order valence-electron chi connectivity index (χ4n) is 2.93. The van der Waals surface area contributed by atoms with E-state index in [4.69, 9.17) is 5.73 Å². The molecule has 1 aliphatic heterocycles. The molecule has 1 atom stereocenters. The van der Waals surface area contributed by atoms with Gasteiger partial charge in [0.1, 0.15) is 5.82 Å². The lowest BCUT2D eigenvalue weighted by Crippen LogP contribution is -2.40. The number of nitrogens with zero attached hydrogens (tertiary/aromatic N) is 1. The summed E-state index contributed by atoms with van der Waals surface area (Å²) >= 11 is 0. The maximum absolute atomic E-state index is 14.3. The molecule has 2 N–H and O–H groups in total. The van der Waals surface area contributed by atoms with E-state index in [9.17, 15) is 4.39 Å². The van der Waals surface area contributed by atoms with Crippen LogP contribution in [0.25, 0.3) is 0 Å². The predicted molar refractivity (Wildman–Crippen MR) is 79.0 cm³/mol. The van der Waals surface area contributed by atoms with E-state index in [1.165, 1.54) is 6.42 Å². The Morgan fingerprint density at radius 1 is 1.42 bits per heavy atom. The third kappa shape index (κ3) is 3.69. The summed E-state index contributed by atoms with van der Waals surface area (Å²) < 4.78 is 14.3. The fourth-order valence-corrected chi connectivity index (χ4v) is 2.93. The second-order valence-corrected chi connectivity index (χ2v) is 6.66. The number of hydrogen-bond acceptors (Lipinski definition) is 2. The largest absolute Gasteiger partial charge is 0.369 e. The lowest BCUT2D eigenvalue weighted by Gasteiger charge is -2.39. The van der Waals surface area contributed by atoms with Crippen molar-refractivity contribution in [2.45, 2.75) is 46.1 Å². The van der Waals surface area contributed by atoms with Crippen molar-refractivity contribution in [2.24, 2.45) is 11.1 Å². The highest BCUT2D eigenvalue weighted by Crippen LogP contribution is 2.32. The number of halogens is 1. The molecule has 1 aromatic rings. The number of piperidine rings is 1. The quantitative estimate of drug-likeness (QED) is 0.907. The molecule has 0 spiro atoms. The molecule has 3 heteroatoms. The van der Waals surface area contributed by atoms with Crippen LogP contribution >= 0.6 is 0 Å². The molecule has 0 amide bonds. The molecule has 1 saturated heterocycles. The van der Waals surface area contributed by atoms with Crippen LogP contribution in [0.5, 0.6) is 0 Å². The van der Waals surface area contributed by atoms with Crippen molar-refractivity contribution in [1.82, 2.24) is 0 Å². The molecule has 2 rings (SSSR count). The summed E-state index contributed by atoms with van der Waals surface area (Å²) in [7, 11) is 0. The van der Waals surface area contributed by atoms with Gasteiger partial charge >= 0.3 is 0 Å². The Kier molecular flexibility index (Phi) is 4.14. The van der Waals surface area contributed by atoms with Crippen molar-refractivity contribution in [3.63, 3.8) is 0 Å². The summed E-state index contributed by atoms with van der Waals surface area (Å²) in [6.45, 7) is 8.32. The molecule has 0 aliphatic carbocycles. The van der Waals surface area contributed by atoms with Gasteiger partial charge in [0.25, 0.3) is 0 Å². The first-order valence-electron chi connectivity index (χ1n) is 7.16. The molecule has 1 unspecified atom stereocenters. The second kappa shape index (κ2) is 5.49. The van der Waals surface area contributed by atoms with Crippen LogP contribution in [0.15, 0.2) is 18.2 Å². The molecule has 19 heavy (non-hydrogen) atoms. The third-order valence-corrected chi connectivity index (χ3v) is 3.81. The van der Waals surface area contributed by atoms with Crippen molar-refractivity contribution in [3.8, 4) is 0 Å². The van der Waals surface area contributed by atoms with Gasteiger partial charge in [-0.15, -0.1) is 0 Å². The fraction of sp³-hybridized carbons (Fsp3) is 0.625.